The Morgan fingerprint density at radius 3 is 2.77 bits per heavy atom. The highest BCUT2D eigenvalue weighted by atomic mass is 32.2. The molecule has 1 aromatic carbocycles. The third-order valence-corrected chi connectivity index (χ3v) is 6.69. The number of methoxy groups -OCH3 is 1. The highest BCUT2D eigenvalue weighted by Crippen LogP contribution is 2.38. The number of nitrogens with one attached hydrogen (secondary N) is 1. The summed E-state index contributed by atoms with van der Waals surface area (Å²) in [6, 6.07) is 4.96. The zero-order valence-corrected chi connectivity index (χ0v) is 16.1. The third-order valence-electron chi connectivity index (χ3n) is 4.22. The van der Waals surface area contributed by atoms with E-state index >= 15 is 0 Å². The van der Waals surface area contributed by atoms with Crippen molar-refractivity contribution in [1.82, 2.24) is 14.5 Å². The van der Waals surface area contributed by atoms with Crippen LogP contribution in [-0.2, 0) is 30.9 Å². The molecule has 1 amide bonds. The number of carbonyl (C=O) groups excluding carboxylic acids is 1. The van der Waals surface area contributed by atoms with Gasteiger partial charge in [0, 0.05) is 39.8 Å². The Kier molecular flexibility index (Phi) is 6.14. The van der Waals surface area contributed by atoms with Crippen LogP contribution in [0.2, 0.25) is 0 Å². The molecule has 0 aliphatic carbocycles. The summed E-state index contributed by atoms with van der Waals surface area (Å²) in [5.41, 5.74) is 0.977. The van der Waals surface area contributed by atoms with E-state index in [1.807, 2.05) is 0 Å². The van der Waals surface area contributed by atoms with Crippen LogP contribution in [0.25, 0.3) is 0 Å². The zero-order valence-electron chi connectivity index (χ0n) is 14.4. The number of piperazine rings is 1. The number of fused-ring (bicyclic) bond motifs is 1. The molecule has 11 heteroatoms. The first-order chi connectivity index (χ1) is 12.5. The van der Waals surface area contributed by atoms with Gasteiger partial charge in [0.1, 0.15) is 16.3 Å². The summed E-state index contributed by atoms with van der Waals surface area (Å²) >= 11 is 0.993. The average Bonchev–Trinajstić information content (AvgIpc) is 3.14. The molecular formula is C15H21N5O4S2. The van der Waals surface area contributed by atoms with Crippen molar-refractivity contribution < 1.29 is 17.9 Å². The molecule has 1 fully saturated rings. The lowest BCUT2D eigenvalue weighted by molar-refractivity contribution is -0.131. The average molecular weight is 399 g/mol. The van der Waals surface area contributed by atoms with Crippen LogP contribution in [-0.4, -0.2) is 76.5 Å². The molecule has 0 bridgehead atoms. The van der Waals surface area contributed by atoms with Crippen molar-refractivity contribution in [3.63, 3.8) is 0 Å². The molecule has 0 atom stereocenters. The molecule has 142 valence electrons. The topological polar surface area (TPSA) is 104 Å². The Morgan fingerprint density at radius 1 is 1.27 bits per heavy atom. The minimum atomic E-state index is -3.66. The lowest BCUT2D eigenvalue weighted by Crippen LogP contribution is -2.52. The van der Waals surface area contributed by atoms with E-state index in [2.05, 4.69) is 14.0 Å². The van der Waals surface area contributed by atoms with Gasteiger partial charge >= 0.3 is 0 Å². The van der Waals surface area contributed by atoms with Crippen molar-refractivity contribution >= 4 is 38.7 Å². The minimum Gasteiger partial charge on any atom is -0.383 e. The van der Waals surface area contributed by atoms with Gasteiger partial charge in [-0.2, -0.15) is 13.0 Å². The first-order valence-corrected chi connectivity index (χ1v) is 10.4. The summed E-state index contributed by atoms with van der Waals surface area (Å²) < 4.78 is 40.4. The summed E-state index contributed by atoms with van der Waals surface area (Å²) in [6.07, 6.45) is 0. The largest absolute Gasteiger partial charge is 0.383 e. The fourth-order valence-corrected chi connectivity index (χ4v) is 4.96. The molecule has 3 rings (SSSR count). The van der Waals surface area contributed by atoms with Gasteiger partial charge in [-0.05, 0) is 12.1 Å². The highest BCUT2D eigenvalue weighted by molar-refractivity contribution is 7.89. The molecule has 9 nitrogen and oxygen atoms in total. The van der Waals surface area contributed by atoms with E-state index in [1.54, 1.807) is 30.2 Å². The Labute approximate surface area is 156 Å². The quantitative estimate of drug-likeness (QED) is 0.682. The lowest BCUT2D eigenvalue weighted by Gasteiger charge is -2.34. The molecular weight excluding hydrogens is 378 g/mol. The zero-order chi connectivity index (χ0) is 18.6. The molecule has 26 heavy (non-hydrogen) atoms. The van der Waals surface area contributed by atoms with Crippen LogP contribution in [0.4, 0.5) is 11.4 Å². The van der Waals surface area contributed by atoms with Crippen LogP contribution < -0.4 is 5.32 Å². The van der Waals surface area contributed by atoms with Crippen LogP contribution in [0, 0.1) is 0 Å². The number of hydrogen-bond donors (Lipinski definition) is 1. The van der Waals surface area contributed by atoms with E-state index in [4.69, 9.17) is 4.74 Å². The SMILES string of the molecule is COCCNCC(=O)N1CCN(S(=O)(=O)c2cccc3c2N=S=N3)CC1. The standard InChI is InChI=1S/C15H21N5O4S2/c1-24-10-5-16-11-14(21)19-6-8-20(9-7-19)26(22,23)13-4-2-3-12-15(13)18-25-17-12/h2-4,16H,5-11H2,1H3. The summed E-state index contributed by atoms with van der Waals surface area (Å²) in [6.45, 7) is 2.63. The second-order valence-electron chi connectivity index (χ2n) is 5.84. The van der Waals surface area contributed by atoms with Crippen molar-refractivity contribution in [2.24, 2.45) is 8.73 Å². The van der Waals surface area contributed by atoms with Crippen molar-refractivity contribution in [2.45, 2.75) is 4.90 Å². The van der Waals surface area contributed by atoms with Gasteiger partial charge in [-0.25, -0.2) is 8.42 Å². The van der Waals surface area contributed by atoms with Crippen LogP contribution in [0.5, 0.6) is 0 Å². The first-order valence-electron chi connectivity index (χ1n) is 8.23. The molecule has 0 saturated carbocycles. The first kappa shape index (κ1) is 19.1. The van der Waals surface area contributed by atoms with Gasteiger partial charge in [0.25, 0.3) is 0 Å². The van der Waals surface area contributed by atoms with Gasteiger partial charge in [-0.15, -0.1) is 0 Å². The smallest absolute Gasteiger partial charge is 0.245 e. The second-order valence-corrected chi connectivity index (χ2v) is 8.28. The second kappa shape index (κ2) is 8.35. The molecule has 2 aliphatic rings. The molecule has 1 saturated heterocycles. The van der Waals surface area contributed by atoms with E-state index in [0.29, 0.717) is 37.6 Å². The van der Waals surface area contributed by atoms with Crippen molar-refractivity contribution in [1.29, 1.82) is 0 Å². The monoisotopic (exact) mass is 399 g/mol. The van der Waals surface area contributed by atoms with E-state index in [9.17, 15) is 13.2 Å². The van der Waals surface area contributed by atoms with Crippen LogP contribution >= 0.6 is 0 Å². The van der Waals surface area contributed by atoms with Crippen LogP contribution in [0.1, 0.15) is 0 Å². The number of carbonyl (C=O) groups is 1. The number of nitrogens with zero attached hydrogens (tertiary/aromatic N) is 4. The van der Waals surface area contributed by atoms with E-state index in [-0.39, 0.29) is 30.4 Å². The van der Waals surface area contributed by atoms with Gasteiger partial charge in [0.2, 0.25) is 15.9 Å². The van der Waals surface area contributed by atoms with Gasteiger partial charge in [0.15, 0.2) is 0 Å². The lowest BCUT2D eigenvalue weighted by atomic mass is 10.3. The molecule has 0 spiro atoms. The highest BCUT2D eigenvalue weighted by Gasteiger charge is 2.32. The predicted molar refractivity (Wildman–Crippen MR) is 98.1 cm³/mol. The van der Waals surface area contributed by atoms with Gasteiger partial charge in [-0.3, -0.25) is 4.79 Å². The summed E-state index contributed by atoms with van der Waals surface area (Å²) in [4.78, 5) is 14.0. The van der Waals surface area contributed by atoms with Gasteiger partial charge < -0.3 is 15.0 Å². The predicted octanol–water partition coefficient (Wildman–Crippen LogP) is 0.482. The minimum absolute atomic E-state index is 0.0380. The summed E-state index contributed by atoms with van der Waals surface area (Å²) in [5, 5.41) is 3.01. The number of benzene rings is 1. The molecule has 2 aliphatic heterocycles. The van der Waals surface area contributed by atoms with Crippen molar-refractivity contribution in [2.75, 3.05) is 53.0 Å². The molecule has 1 N–H and O–H groups in total. The fourth-order valence-electron chi connectivity index (χ4n) is 2.79. The number of sulfonamides is 1. The Bertz CT molecular complexity index is 844. The molecule has 0 unspecified atom stereocenters. The fraction of sp³-hybridized carbons (Fsp3) is 0.533. The Morgan fingerprint density at radius 2 is 2.04 bits per heavy atom. The maximum atomic E-state index is 13.0. The molecule has 2 heterocycles. The van der Waals surface area contributed by atoms with E-state index < -0.39 is 10.0 Å². The maximum absolute atomic E-state index is 13.0. The third kappa shape index (κ3) is 4.01. The molecule has 0 radical (unpaired) electrons. The normalized spacial score (nSPS) is 17.2. The maximum Gasteiger partial charge on any atom is 0.245 e. The Hall–Kier alpha value is -1.66. The van der Waals surface area contributed by atoms with E-state index in [1.165, 1.54) is 4.31 Å². The molecule has 0 aromatic heterocycles. The molecule has 1 aromatic rings. The number of hydrogen-bond acceptors (Lipinski definition) is 7. The van der Waals surface area contributed by atoms with Crippen LogP contribution in [0.15, 0.2) is 31.8 Å². The van der Waals surface area contributed by atoms with E-state index in [0.717, 1.165) is 11.4 Å². The summed E-state index contributed by atoms with van der Waals surface area (Å²) in [7, 11) is -2.06. The van der Waals surface area contributed by atoms with Gasteiger partial charge in [-0.1, -0.05) is 6.07 Å². The van der Waals surface area contributed by atoms with Crippen LogP contribution in [0.3, 0.4) is 0 Å². The summed E-state index contributed by atoms with van der Waals surface area (Å²) in [5.74, 6) is -0.0380. The van der Waals surface area contributed by atoms with Gasteiger partial charge in [0.05, 0.1) is 24.5 Å². The van der Waals surface area contributed by atoms with Crippen molar-refractivity contribution in [3.05, 3.63) is 18.2 Å². The number of amides is 1. The van der Waals surface area contributed by atoms with Crippen molar-refractivity contribution in [3.8, 4) is 0 Å². The number of ether oxygens (including phenoxy) is 1. The Balaban J connectivity index is 1.60. The number of rotatable bonds is 7.